The fourth-order valence-corrected chi connectivity index (χ4v) is 2.29. The van der Waals surface area contributed by atoms with Crippen molar-refractivity contribution in [2.75, 3.05) is 13.7 Å². The molecule has 0 radical (unpaired) electrons. The monoisotopic (exact) mass is 235 g/mol. The first-order valence-electron chi connectivity index (χ1n) is 6.47. The molecule has 0 amide bonds. The van der Waals surface area contributed by atoms with E-state index in [4.69, 9.17) is 4.74 Å². The molecule has 2 heteroatoms. The Balaban J connectivity index is 3.07. The van der Waals surface area contributed by atoms with Crippen molar-refractivity contribution >= 4 is 0 Å². The van der Waals surface area contributed by atoms with E-state index in [-0.39, 0.29) is 12.1 Å². The SMILES string of the molecule is CCNC(c1cc(C)ccc1C)C(CC)OC. The topological polar surface area (TPSA) is 21.3 Å². The van der Waals surface area contributed by atoms with Crippen molar-refractivity contribution in [1.82, 2.24) is 5.32 Å². The third-order valence-electron chi connectivity index (χ3n) is 3.27. The Morgan fingerprint density at radius 3 is 2.47 bits per heavy atom. The molecule has 96 valence electrons. The number of nitrogens with one attached hydrogen (secondary N) is 1. The van der Waals surface area contributed by atoms with E-state index in [1.807, 2.05) is 0 Å². The van der Waals surface area contributed by atoms with Gasteiger partial charge in [0, 0.05) is 7.11 Å². The predicted molar refractivity (Wildman–Crippen MR) is 73.4 cm³/mol. The van der Waals surface area contributed by atoms with Gasteiger partial charge >= 0.3 is 0 Å². The highest BCUT2D eigenvalue weighted by atomic mass is 16.5. The Morgan fingerprint density at radius 2 is 1.94 bits per heavy atom. The summed E-state index contributed by atoms with van der Waals surface area (Å²) in [5.41, 5.74) is 4.00. The molecule has 1 N–H and O–H groups in total. The summed E-state index contributed by atoms with van der Waals surface area (Å²) in [6.07, 6.45) is 1.25. The lowest BCUT2D eigenvalue weighted by molar-refractivity contribution is 0.0654. The summed E-state index contributed by atoms with van der Waals surface area (Å²) in [7, 11) is 1.80. The molecule has 1 aromatic rings. The van der Waals surface area contributed by atoms with Crippen molar-refractivity contribution in [1.29, 1.82) is 0 Å². The largest absolute Gasteiger partial charge is 0.379 e. The van der Waals surface area contributed by atoms with E-state index in [0.717, 1.165) is 13.0 Å². The maximum atomic E-state index is 5.60. The van der Waals surface area contributed by atoms with Gasteiger partial charge in [0.05, 0.1) is 12.1 Å². The molecular formula is C15H25NO. The van der Waals surface area contributed by atoms with Gasteiger partial charge in [0.15, 0.2) is 0 Å². The second kappa shape index (κ2) is 6.77. The molecule has 0 saturated carbocycles. The minimum absolute atomic E-state index is 0.232. The Labute approximate surface area is 105 Å². The summed E-state index contributed by atoms with van der Waals surface area (Å²) in [5, 5.41) is 3.54. The lowest BCUT2D eigenvalue weighted by atomic mass is 9.94. The highest BCUT2D eigenvalue weighted by molar-refractivity contribution is 5.33. The van der Waals surface area contributed by atoms with E-state index in [1.165, 1.54) is 16.7 Å². The summed E-state index contributed by atoms with van der Waals surface area (Å²) < 4.78 is 5.60. The first-order valence-corrected chi connectivity index (χ1v) is 6.47. The number of ether oxygens (including phenoxy) is 1. The molecule has 17 heavy (non-hydrogen) atoms. The third kappa shape index (κ3) is 3.55. The van der Waals surface area contributed by atoms with Crippen LogP contribution in [0.2, 0.25) is 0 Å². The smallest absolute Gasteiger partial charge is 0.0763 e. The van der Waals surface area contributed by atoms with Crippen LogP contribution in [0.15, 0.2) is 18.2 Å². The number of rotatable bonds is 6. The van der Waals surface area contributed by atoms with Crippen molar-refractivity contribution in [3.05, 3.63) is 34.9 Å². The first-order chi connectivity index (χ1) is 8.13. The fourth-order valence-electron chi connectivity index (χ4n) is 2.29. The van der Waals surface area contributed by atoms with Crippen molar-refractivity contribution in [2.45, 2.75) is 46.3 Å². The molecule has 0 aliphatic carbocycles. The average molecular weight is 235 g/mol. The van der Waals surface area contributed by atoms with E-state index >= 15 is 0 Å². The summed E-state index contributed by atoms with van der Waals surface area (Å²) in [6, 6.07) is 6.91. The summed E-state index contributed by atoms with van der Waals surface area (Å²) in [5.74, 6) is 0. The van der Waals surface area contributed by atoms with Gasteiger partial charge in [0.25, 0.3) is 0 Å². The molecule has 0 aromatic heterocycles. The quantitative estimate of drug-likeness (QED) is 0.816. The Morgan fingerprint density at radius 1 is 1.24 bits per heavy atom. The maximum absolute atomic E-state index is 5.60. The Kier molecular flexibility index (Phi) is 5.66. The lowest BCUT2D eigenvalue weighted by Crippen LogP contribution is -2.33. The molecular weight excluding hydrogens is 210 g/mol. The molecule has 0 heterocycles. The minimum Gasteiger partial charge on any atom is -0.379 e. The fraction of sp³-hybridized carbons (Fsp3) is 0.600. The third-order valence-corrected chi connectivity index (χ3v) is 3.27. The van der Waals surface area contributed by atoms with Crippen LogP contribution in [0.5, 0.6) is 0 Å². The summed E-state index contributed by atoms with van der Waals surface area (Å²) in [6.45, 7) is 9.57. The van der Waals surface area contributed by atoms with E-state index < -0.39 is 0 Å². The van der Waals surface area contributed by atoms with Crippen LogP contribution in [0, 0.1) is 13.8 Å². The van der Waals surface area contributed by atoms with Crippen LogP contribution >= 0.6 is 0 Å². The number of hydrogen-bond acceptors (Lipinski definition) is 2. The zero-order valence-electron chi connectivity index (χ0n) is 11.7. The molecule has 2 atom stereocenters. The first kappa shape index (κ1) is 14.2. The standard InChI is InChI=1S/C15H25NO/c1-6-14(17-5)15(16-7-2)13-10-11(3)8-9-12(13)4/h8-10,14-16H,6-7H2,1-5H3. The summed E-state index contributed by atoms with van der Waals surface area (Å²) in [4.78, 5) is 0. The average Bonchev–Trinajstić information content (AvgIpc) is 2.33. The van der Waals surface area contributed by atoms with Gasteiger partial charge in [-0.05, 0) is 37.9 Å². The lowest BCUT2D eigenvalue weighted by Gasteiger charge is -2.28. The van der Waals surface area contributed by atoms with Gasteiger partial charge in [-0.1, -0.05) is 37.6 Å². The zero-order chi connectivity index (χ0) is 12.8. The van der Waals surface area contributed by atoms with Crippen molar-refractivity contribution in [2.24, 2.45) is 0 Å². The van der Waals surface area contributed by atoms with Crippen LogP contribution in [0.1, 0.15) is 43.0 Å². The van der Waals surface area contributed by atoms with Crippen LogP contribution < -0.4 is 5.32 Å². The van der Waals surface area contributed by atoms with Gasteiger partial charge in [-0.25, -0.2) is 0 Å². The molecule has 2 nitrogen and oxygen atoms in total. The molecule has 1 aromatic carbocycles. The van der Waals surface area contributed by atoms with Gasteiger partial charge in [0.2, 0.25) is 0 Å². The van der Waals surface area contributed by atoms with Crippen LogP contribution in [0.25, 0.3) is 0 Å². The number of aryl methyl sites for hydroxylation is 2. The zero-order valence-corrected chi connectivity index (χ0v) is 11.7. The van der Waals surface area contributed by atoms with E-state index in [9.17, 15) is 0 Å². The highest BCUT2D eigenvalue weighted by Gasteiger charge is 2.22. The molecule has 0 saturated heterocycles. The van der Waals surface area contributed by atoms with E-state index in [2.05, 4.69) is 51.2 Å². The van der Waals surface area contributed by atoms with Crippen LogP contribution in [-0.4, -0.2) is 19.8 Å². The maximum Gasteiger partial charge on any atom is 0.0763 e. The van der Waals surface area contributed by atoms with Crippen LogP contribution in [-0.2, 0) is 4.74 Å². The van der Waals surface area contributed by atoms with Crippen molar-refractivity contribution < 1.29 is 4.74 Å². The second-order valence-electron chi connectivity index (χ2n) is 4.58. The molecule has 0 fully saturated rings. The van der Waals surface area contributed by atoms with Crippen molar-refractivity contribution in [3.8, 4) is 0 Å². The van der Waals surface area contributed by atoms with Gasteiger partial charge in [-0.15, -0.1) is 0 Å². The molecule has 0 spiro atoms. The van der Waals surface area contributed by atoms with Gasteiger partial charge < -0.3 is 10.1 Å². The number of hydrogen-bond donors (Lipinski definition) is 1. The number of benzene rings is 1. The Bertz CT molecular complexity index is 345. The second-order valence-corrected chi connectivity index (χ2v) is 4.58. The Hall–Kier alpha value is -0.860. The number of likely N-dealkylation sites (N-methyl/N-ethyl adjacent to an activating group) is 1. The van der Waals surface area contributed by atoms with Crippen LogP contribution in [0.3, 0.4) is 0 Å². The molecule has 2 unspecified atom stereocenters. The van der Waals surface area contributed by atoms with Crippen LogP contribution in [0.4, 0.5) is 0 Å². The molecule has 0 bridgehead atoms. The molecule has 1 rings (SSSR count). The van der Waals surface area contributed by atoms with Gasteiger partial charge in [-0.3, -0.25) is 0 Å². The van der Waals surface area contributed by atoms with E-state index in [0.29, 0.717) is 0 Å². The highest BCUT2D eigenvalue weighted by Crippen LogP contribution is 2.25. The van der Waals surface area contributed by atoms with Gasteiger partial charge in [-0.2, -0.15) is 0 Å². The van der Waals surface area contributed by atoms with Gasteiger partial charge in [0.1, 0.15) is 0 Å². The van der Waals surface area contributed by atoms with Crippen molar-refractivity contribution in [3.63, 3.8) is 0 Å². The molecule has 0 aliphatic heterocycles. The predicted octanol–water partition coefficient (Wildman–Crippen LogP) is 3.38. The number of methoxy groups -OCH3 is 1. The minimum atomic E-state index is 0.232. The summed E-state index contributed by atoms with van der Waals surface area (Å²) >= 11 is 0. The normalized spacial score (nSPS) is 14.6. The molecule has 0 aliphatic rings. The van der Waals surface area contributed by atoms with E-state index in [1.54, 1.807) is 7.11 Å².